The van der Waals surface area contributed by atoms with Gasteiger partial charge in [-0.15, -0.1) is 0 Å². The Hall–Kier alpha value is -1.62. The maximum Gasteiger partial charge on any atom is 0.407 e. The van der Waals surface area contributed by atoms with Crippen LogP contribution in [-0.4, -0.2) is 32.5 Å². The van der Waals surface area contributed by atoms with E-state index in [-0.39, 0.29) is 19.8 Å². The second kappa shape index (κ2) is 8.52. The van der Waals surface area contributed by atoms with Gasteiger partial charge in [-0.05, 0) is 5.56 Å². The van der Waals surface area contributed by atoms with Gasteiger partial charge in [0.1, 0.15) is 13.3 Å². The number of alkyl halides is 1. The van der Waals surface area contributed by atoms with Crippen molar-refractivity contribution in [1.29, 1.82) is 0 Å². The number of carbonyl (C=O) groups is 1. The van der Waals surface area contributed by atoms with Gasteiger partial charge in [0.05, 0.1) is 13.2 Å². The van der Waals surface area contributed by atoms with E-state index in [1.807, 2.05) is 30.3 Å². The Labute approximate surface area is 99.7 Å². The summed E-state index contributed by atoms with van der Waals surface area (Å²) in [5.74, 6) is 0. The van der Waals surface area contributed by atoms with Crippen molar-refractivity contribution < 1.29 is 18.7 Å². The van der Waals surface area contributed by atoms with E-state index in [1.165, 1.54) is 0 Å². The highest BCUT2D eigenvalue weighted by atomic mass is 19.1. The summed E-state index contributed by atoms with van der Waals surface area (Å²) in [6, 6.07) is 9.39. The quantitative estimate of drug-likeness (QED) is 0.742. The highest BCUT2D eigenvalue weighted by Gasteiger charge is 2.01. The molecule has 1 rings (SSSR count). The van der Waals surface area contributed by atoms with E-state index in [0.29, 0.717) is 6.54 Å². The van der Waals surface area contributed by atoms with E-state index in [9.17, 15) is 9.18 Å². The molecule has 0 heterocycles. The van der Waals surface area contributed by atoms with E-state index >= 15 is 0 Å². The molecule has 94 valence electrons. The Bertz CT molecular complexity index is 319. The van der Waals surface area contributed by atoms with Crippen molar-refractivity contribution in [3.05, 3.63) is 35.9 Å². The lowest BCUT2D eigenvalue weighted by Gasteiger charge is -2.07. The van der Waals surface area contributed by atoms with E-state index < -0.39 is 12.8 Å². The number of ether oxygens (including phenoxy) is 2. The number of hydrogen-bond acceptors (Lipinski definition) is 3. The number of nitrogens with one attached hydrogen (secondary N) is 1. The maximum atomic E-state index is 11.7. The predicted octanol–water partition coefficient (Wildman–Crippen LogP) is 1.90. The summed E-state index contributed by atoms with van der Waals surface area (Å²) in [4.78, 5) is 11.2. The topological polar surface area (TPSA) is 47.6 Å². The van der Waals surface area contributed by atoms with Crippen LogP contribution in [0.4, 0.5) is 9.18 Å². The smallest absolute Gasteiger partial charge is 0.407 e. The summed E-state index contributed by atoms with van der Waals surface area (Å²) >= 11 is 0. The molecule has 0 radical (unpaired) electrons. The summed E-state index contributed by atoms with van der Waals surface area (Å²) in [7, 11) is 0. The van der Waals surface area contributed by atoms with Crippen LogP contribution in [0.2, 0.25) is 0 Å². The number of rotatable bonds is 7. The van der Waals surface area contributed by atoms with Crippen LogP contribution in [0.1, 0.15) is 5.56 Å². The Morgan fingerprint density at radius 3 is 2.71 bits per heavy atom. The number of halogens is 1. The zero-order valence-electron chi connectivity index (χ0n) is 9.52. The second-order valence-corrected chi connectivity index (χ2v) is 3.29. The van der Waals surface area contributed by atoms with Crippen molar-refractivity contribution in [3.63, 3.8) is 0 Å². The lowest BCUT2D eigenvalue weighted by molar-refractivity contribution is 0.110. The summed E-state index contributed by atoms with van der Waals surface area (Å²) in [6.45, 7) is 0.370. The molecule has 0 fully saturated rings. The molecule has 0 atom stereocenters. The molecule has 1 amide bonds. The second-order valence-electron chi connectivity index (χ2n) is 3.29. The van der Waals surface area contributed by atoms with E-state index in [4.69, 9.17) is 9.47 Å². The molecule has 0 aliphatic carbocycles. The van der Waals surface area contributed by atoms with Gasteiger partial charge in [-0.25, -0.2) is 9.18 Å². The monoisotopic (exact) mass is 241 g/mol. The molecule has 17 heavy (non-hydrogen) atoms. The zero-order chi connectivity index (χ0) is 12.3. The summed E-state index contributed by atoms with van der Waals surface area (Å²) < 4.78 is 21.5. The van der Waals surface area contributed by atoms with E-state index in [1.54, 1.807) is 0 Å². The minimum atomic E-state index is -0.515. The highest BCUT2D eigenvalue weighted by molar-refractivity contribution is 5.67. The first kappa shape index (κ1) is 13.4. The van der Waals surface area contributed by atoms with Gasteiger partial charge >= 0.3 is 6.09 Å². The average Bonchev–Trinajstić information content (AvgIpc) is 2.37. The summed E-state index contributed by atoms with van der Waals surface area (Å²) in [6.07, 6.45) is -0.502. The minimum absolute atomic E-state index is 0.0563. The lowest BCUT2D eigenvalue weighted by atomic mass is 10.2. The number of alkyl carbamates (subject to hydrolysis) is 1. The van der Waals surface area contributed by atoms with Crippen molar-refractivity contribution in [1.82, 2.24) is 5.32 Å². The Morgan fingerprint density at radius 2 is 2.00 bits per heavy atom. The molecule has 0 bridgehead atoms. The van der Waals surface area contributed by atoms with Crippen LogP contribution in [0, 0.1) is 0 Å². The fraction of sp³-hybridized carbons (Fsp3) is 0.417. The summed E-state index contributed by atoms with van der Waals surface area (Å²) in [5, 5.41) is 2.50. The van der Waals surface area contributed by atoms with Crippen LogP contribution in [0.5, 0.6) is 0 Å². The van der Waals surface area contributed by atoms with Gasteiger partial charge in [0.2, 0.25) is 0 Å². The molecule has 0 saturated carbocycles. The third-order valence-electron chi connectivity index (χ3n) is 1.95. The molecule has 0 aromatic heterocycles. The van der Waals surface area contributed by atoms with E-state index in [0.717, 1.165) is 5.56 Å². The van der Waals surface area contributed by atoms with Crippen molar-refractivity contribution in [2.24, 2.45) is 0 Å². The number of hydrogen-bond donors (Lipinski definition) is 1. The SMILES string of the molecule is O=C(NCCOCCF)OCc1ccccc1. The highest BCUT2D eigenvalue weighted by Crippen LogP contribution is 2.00. The van der Waals surface area contributed by atoms with Crippen molar-refractivity contribution in [2.45, 2.75) is 6.61 Å². The molecule has 0 spiro atoms. The molecule has 1 N–H and O–H groups in total. The van der Waals surface area contributed by atoms with Crippen LogP contribution in [0.3, 0.4) is 0 Å². The standard InChI is InChI=1S/C12H16FNO3/c13-6-8-16-9-7-14-12(15)17-10-11-4-2-1-3-5-11/h1-5H,6-10H2,(H,14,15). The normalized spacial score (nSPS) is 9.94. The lowest BCUT2D eigenvalue weighted by Crippen LogP contribution is -2.28. The molecule has 0 saturated heterocycles. The molecule has 0 unspecified atom stereocenters. The Morgan fingerprint density at radius 1 is 1.24 bits per heavy atom. The van der Waals surface area contributed by atoms with Crippen molar-refractivity contribution in [2.75, 3.05) is 26.4 Å². The first-order valence-electron chi connectivity index (χ1n) is 5.41. The largest absolute Gasteiger partial charge is 0.445 e. The van der Waals surface area contributed by atoms with Crippen LogP contribution in [-0.2, 0) is 16.1 Å². The van der Waals surface area contributed by atoms with Gasteiger partial charge in [-0.3, -0.25) is 0 Å². The molecule has 0 aliphatic rings. The number of carbonyl (C=O) groups excluding carboxylic acids is 1. The Kier molecular flexibility index (Phi) is 6.74. The van der Waals surface area contributed by atoms with Gasteiger partial charge in [-0.2, -0.15) is 0 Å². The van der Waals surface area contributed by atoms with Crippen LogP contribution in [0.15, 0.2) is 30.3 Å². The van der Waals surface area contributed by atoms with Crippen LogP contribution < -0.4 is 5.32 Å². The van der Waals surface area contributed by atoms with Gasteiger partial charge in [0.15, 0.2) is 0 Å². The summed E-state index contributed by atoms with van der Waals surface area (Å²) in [5.41, 5.74) is 0.927. The molecule has 4 nitrogen and oxygen atoms in total. The number of benzene rings is 1. The third-order valence-corrected chi connectivity index (χ3v) is 1.95. The first-order valence-corrected chi connectivity index (χ1v) is 5.41. The average molecular weight is 241 g/mol. The van der Waals surface area contributed by atoms with Crippen LogP contribution in [0.25, 0.3) is 0 Å². The van der Waals surface area contributed by atoms with Gasteiger partial charge in [0.25, 0.3) is 0 Å². The zero-order valence-corrected chi connectivity index (χ0v) is 9.52. The fourth-order valence-electron chi connectivity index (χ4n) is 1.16. The van der Waals surface area contributed by atoms with Gasteiger partial charge in [-0.1, -0.05) is 30.3 Å². The predicted molar refractivity (Wildman–Crippen MR) is 61.4 cm³/mol. The fourth-order valence-corrected chi connectivity index (χ4v) is 1.16. The van der Waals surface area contributed by atoms with Gasteiger partial charge < -0.3 is 14.8 Å². The maximum absolute atomic E-state index is 11.7. The Balaban J connectivity index is 2.05. The molecular formula is C12H16FNO3. The van der Waals surface area contributed by atoms with Crippen molar-refractivity contribution in [3.8, 4) is 0 Å². The molecular weight excluding hydrogens is 225 g/mol. The molecule has 0 aliphatic heterocycles. The molecule has 1 aromatic rings. The van der Waals surface area contributed by atoms with Crippen LogP contribution >= 0.6 is 0 Å². The van der Waals surface area contributed by atoms with E-state index in [2.05, 4.69) is 5.32 Å². The van der Waals surface area contributed by atoms with Gasteiger partial charge in [0, 0.05) is 6.54 Å². The first-order chi connectivity index (χ1) is 8.33. The molecule has 1 aromatic carbocycles. The van der Waals surface area contributed by atoms with Crippen molar-refractivity contribution >= 4 is 6.09 Å². The molecule has 5 heteroatoms. The minimum Gasteiger partial charge on any atom is -0.445 e. The third kappa shape index (κ3) is 6.52. The number of amides is 1.